The quantitative estimate of drug-likeness (QED) is 0.516. The van der Waals surface area contributed by atoms with Crippen LogP contribution >= 0.6 is 11.3 Å². The van der Waals surface area contributed by atoms with Gasteiger partial charge in [0, 0.05) is 51.7 Å². The first-order valence-corrected chi connectivity index (χ1v) is 13.3. The Morgan fingerprint density at radius 2 is 1.73 bits per heavy atom. The third-order valence-electron chi connectivity index (χ3n) is 5.68. The number of aromatic nitrogens is 5. The van der Waals surface area contributed by atoms with E-state index in [-0.39, 0.29) is 5.95 Å². The standard InChI is InChI=1S/C19H25N9O3S2/c1-33(29,30)28-4-2-26(3-5-28)12-14-23-15-17(27-6-8-31-9-7-27)24-16(25-18(15)32-14)13-10-21-19(20)22-11-13/h10-11H,2-9,12H2,1H3,(H2,20,21,22). The van der Waals surface area contributed by atoms with Gasteiger partial charge in [-0.2, -0.15) is 4.31 Å². The third-order valence-corrected chi connectivity index (χ3v) is 7.92. The molecule has 2 aliphatic rings. The molecule has 0 spiro atoms. The van der Waals surface area contributed by atoms with Gasteiger partial charge in [0.25, 0.3) is 0 Å². The lowest BCUT2D eigenvalue weighted by atomic mass is 10.3. The molecule has 0 aliphatic carbocycles. The van der Waals surface area contributed by atoms with Crippen molar-refractivity contribution in [2.75, 3.05) is 69.4 Å². The second-order valence-corrected chi connectivity index (χ2v) is 11.0. The number of rotatable bonds is 5. The van der Waals surface area contributed by atoms with E-state index in [1.807, 2.05) is 0 Å². The fourth-order valence-electron chi connectivity index (χ4n) is 3.91. The number of hydrogen-bond acceptors (Lipinski definition) is 12. The van der Waals surface area contributed by atoms with Crippen molar-refractivity contribution >= 4 is 43.5 Å². The number of nitrogens with zero attached hydrogens (tertiary/aromatic N) is 8. The molecule has 5 rings (SSSR count). The van der Waals surface area contributed by atoms with Gasteiger partial charge in [-0.3, -0.25) is 4.90 Å². The van der Waals surface area contributed by atoms with Gasteiger partial charge in [-0.05, 0) is 0 Å². The van der Waals surface area contributed by atoms with Crippen molar-refractivity contribution in [1.29, 1.82) is 0 Å². The van der Waals surface area contributed by atoms with Gasteiger partial charge in [-0.1, -0.05) is 11.3 Å². The first-order valence-electron chi connectivity index (χ1n) is 10.6. The lowest BCUT2D eigenvalue weighted by Gasteiger charge is -2.32. The lowest BCUT2D eigenvalue weighted by Crippen LogP contribution is -2.47. The Balaban J connectivity index is 1.45. The molecule has 2 aliphatic heterocycles. The summed E-state index contributed by atoms with van der Waals surface area (Å²) >= 11 is 1.53. The van der Waals surface area contributed by atoms with E-state index in [4.69, 9.17) is 25.4 Å². The molecule has 0 amide bonds. The average Bonchev–Trinajstić information content (AvgIpc) is 3.21. The fourth-order valence-corrected chi connectivity index (χ4v) is 5.71. The Morgan fingerprint density at radius 1 is 1.03 bits per heavy atom. The van der Waals surface area contributed by atoms with Crippen LogP contribution in [0.2, 0.25) is 0 Å². The molecule has 0 unspecified atom stereocenters. The molecule has 33 heavy (non-hydrogen) atoms. The predicted octanol–water partition coefficient (Wildman–Crippen LogP) is 0.0393. The zero-order valence-corrected chi connectivity index (χ0v) is 19.8. The summed E-state index contributed by atoms with van der Waals surface area (Å²) in [5, 5.41) is 0.923. The van der Waals surface area contributed by atoms with Crippen LogP contribution in [0.5, 0.6) is 0 Å². The lowest BCUT2D eigenvalue weighted by molar-refractivity contribution is 0.122. The molecule has 3 aromatic rings. The molecule has 2 saturated heterocycles. The van der Waals surface area contributed by atoms with Gasteiger partial charge in [0.2, 0.25) is 16.0 Å². The molecular weight excluding hydrogens is 466 g/mol. The van der Waals surface area contributed by atoms with E-state index in [0.717, 1.165) is 34.3 Å². The Morgan fingerprint density at radius 3 is 2.39 bits per heavy atom. The number of sulfonamides is 1. The van der Waals surface area contributed by atoms with E-state index in [1.165, 1.54) is 21.9 Å². The number of ether oxygens (including phenoxy) is 1. The summed E-state index contributed by atoms with van der Waals surface area (Å²) in [6.45, 7) is 5.67. The highest BCUT2D eigenvalue weighted by Gasteiger charge is 2.25. The van der Waals surface area contributed by atoms with Crippen molar-refractivity contribution < 1.29 is 13.2 Å². The summed E-state index contributed by atoms with van der Waals surface area (Å²) in [5.74, 6) is 1.50. The number of anilines is 2. The molecule has 12 nitrogen and oxygen atoms in total. The first kappa shape index (κ1) is 22.3. The molecule has 3 aromatic heterocycles. The van der Waals surface area contributed by atoms with Crippen molar-refractivity contribution in [3.63, 3.8) is 0 Å². The highest BCUT2D eigenvalue weighted by Crippen LogP contribution is 2.31. The molecule has 5 heterocycles. The summed E-state index contributed by atoms with van der Waals surface area (Å²) < 4.78 is 30.6. The van der Waals surface area contributed by atoms with E-state index in [0.29, 0.717) is 57.3 Å². The predicted molar refractivity (Wildman–Crippen MR) is 125 cm³/mol. The zero-order valence-electron chi connectivity index (χ0n) is 18.2. The molecule has 2 N–H and O–H groups in total. The van der Waals surface area contributed by atoms with Crippen LogP contribution in [-0.4, -0.2) is 101 Å². The van der Waals surface area contributed by atoms with E-state index >= 15 is 0 Å². The van der Waals surface area contributed by atoms with Crippen molar-refractivity contribution in [2.24, 2.45) is 0 Å². The minimum Gasteiger partial charge on any atom is -0.378 e. The van der Waals surface area contributed by atoms with Crippen LogP contribution < -0.4 is 10.6 Å². The second-order valence-electron chi connectivity index (χ2n) is 8.00. The summed E-state index contributed by atoms with van der Waals surface area (Å²) in [6.07, 6.45) is 4.50. The number of thiazole rings is 1. The molecule has 0 bridgehead atoms. The van der Waals surface area contributed by atoms with Gasteiger partial charge >= 0.3 is 0 Å². The highest BCUT2D eigenvalue weighted by molar-refractivity contribution is 7.88. The summed E-state index contributed by atoms with van der Waals surface area (Å²) in [6, 6.07) is 0. The molecule has 0 atom stereocenters. The monoisotopic (exact) mass is 491 g/mol. The summed E-state index contributed by atoms with van der Waals surface area (Å²) in [5.41, 5.74) is 7.09. The maximum Gasteiger partial charge on any atom is 0.219 e. The van der Waals surface area contributed by atoms with Crippen molar-refractivity contribution in [3.05, 3.63) is 17.4 Å². The summed E-state index contributed by atoms with van der Waals surface area (Å²) in [7, 11) is -3.15. The van der Waals surface area contributed by atoms with Crippen LogP contribution in [0, 0.1) is 0 Å². The van der Waals surface area contributed by atoms with Gasteiger partial charge in [0.1, 0.15) is 15.4 Å². The SMILES string of the molecule is CS(=O)(=O)N1CCN(Cc2nc3c(N4CCOCC4)nc(-c4cnc(N)nc4)nc3s2)CC1. The van der Waals surface area contributed by atoms with Crippen LogP contribution in [0.3, 0.4) is 0 Å². The zero-order chi connectivity index (χ0) is 23.0. The molecule has 2 fully saturated rings. The number of hydrogen-bond donors (Lipinski definition) is 1. The van der Waals surface area contributed by atoms with Gasteiger partial charge < -0.3 is 15.4 Å². The van der Waals surface area contributed by atoms with Gasteiger partial charge in [-0.15, -0.1) is 0 Å². The molecule has 0 aromatic carbocycles. The summed E-state index contributed by atoms with van der Waals surface area (Å²) in [4.78, 5) is 27.8. The van der Waals surface area contributed by atoms with Crippen LogP contribution in [0.4, 0.5) is 11.8 Å². The largest absolute Gasteiger partial charge is 0.378 e. The number of nitrogen functional groups attached to an aromatic ring is 1. The van der Waals surface area contributed by atoms with Crippen molar-refractivity contribution in [1.82, 2.24) is 34.1 Å². The van der Waals surface area contributed by atoms with Crippen LogP contribution in [0.25, 0.3) is 21.7 Å². The fraction of sp³-hybridized carbons (Fsp3) is 0.526. The Bertz CT molecular complexity index is 1240. The Kier molecular flexibility index (Phi) is 6.09. The van der Waals surface area contributed by atoms with Gasteiger partial charge in [-0.25, -0.2) is 33.3 Å². The maximum atomic E-state index is 11.8. The minimum atomic E-state index is -3.15. The molecule has 176 valence electrons. The number of fused-ring (bicyclic) bond motifs is 1. The topological polar surface area (TPSA) is 144 Å². The average molecular weight is 492 g/mol. The van der Waals surface area contributed by atoms with Crippen LogP contribution in [0.15, 0.2) is 12.4 Å². The van der Waals surface area contributed by atoms with E-state index in [9.17, 15) is 8.42 Å². The second kappa shape index (κ2) is 9.02. The van der Waals surface area contributed by atoms with Gasteiger partial charge in [0.15, 0.2) is 11.6 Å². The maximum absolute atomic E-state index is 11.8. The Hall–Kier alpha value is -2.52. The third kappa shape index (κ3) is 4.89. The number of nitrogens with two attached hydrogens (primary N) is 1. The molecule has 14 heteroatoms. The minimum absolute atomic E-state index is 0.198. The smallest absolute Gasteiger partial charge is 0.219 e. The van der Waals surface area contributed by atoms with Gasteiger partial charge in [0.05, 0.1) is 31.6 Å². The van der Waals surface area contributed by atoms with Crippen molar-refractivity contribution in [2.45, 2.75) is 6.54 Å². The van der Waals surface area contributed by atoms with Crippen molar-refractivity contribution in [3.8, 4) is 11.4 Å². The van der Waals surface area contributed by atoms with Crippen LogP contribution in [-0.2, 0) is 21.3 Å². The number of piperazine rings is 1. The first-order chi connectivity index (χ1) is 15.9. The molecule has 0 saturated carbocycles. The molecular formula is C19H25N9O3S2. The number of morpholine rings is 1. The van der Waals surface area contributed by atoms with E-state index in [2.05, 4.69) is 19.8 Å². The normalized spacial score (nSPS) is 18.8. The van der Waals surface area contributed by atoms with Crippen LogP contribution in [0.1, 0.15) is 5.01 Å². The van der Waals surface area contributed by atoms with E-state index in [1.54, 1.807) is 12.4 Å². The van der Waals surface area contributed by atoms with E-state index < -0.39 is 10.0 Å². The molecule has 0 radical (unpaired) electrons. The highest BCUT2D eigenvalue weighted by atomic mass is 32.2. The Labute approximate surface area is 195 Å².